The maximum absolute atomic E-state index is 12.8. The fourth-order valence-corrected chi connectivity index (χ4v) is 4.11. The van der Waals surface area contributed by atoms with E-state index in [-0.39, 0.29) is 30.3 Å². The van der Waals surface area contributed by atoms with Crippen LogP contribution in [0.2, 0.25) is 0 Å². The van der Waals surface area contributed by atoms with E-state index >= 15 is 0 Å². The number of hydrogen-bond acceptors (Lipinski definition) is 10. The van der Waals surface area contributed by atoms with E-state index in [9.17, 15) is 14.8 Å². The van der Waals surface area contributed by atoms with Gasteiger partial charge >= 0.3 is 11.9 Å². The van der Waals surface area contributed by atoms with Gasteiger partial charge in [0.05, 0.1) is 25.4 Å². The lowest BCUT2D eigenvalue weighted by molar-refractivity contribution is -0.593. The number of carbonyl (C=O) groups is 2. The summed E-state index contributed by atoms with van der Waals surface area (Å²) in [5.74, 6) is -0.783. The fraction of sp³-hybridized carbons (Fsp3) is 0.316. The van der Waals surface area contributed by atoms with Crippen molar-refractivity contribution in [2.24, 2.45) is 0 Å². The Morgan fingerprint density at radius 1 is 0.967 bits per heavy atom. The van der Waals surface area contributed by atoms with Crippen LogP contribution in [0.25, 0.3) is 21.3 Å². The molecular weight excluding hydrogens is 430 g/mol. The van der Waals surface area contributed by atoms with Crippen molar-refractivity contribution in [1.29, 1.82) is 0 Å². The number of hydrogen-bond donors (Lipinski definition) is 0. The summed E-state index contributed by atoms with van der Waals surface area (Å²) >= 11 is 2.35. The highest BCUT2D eigenvalue weighted by Crippen LogP contribution is 2.34. The molecule has 0 saturated carbocycles. The quantitative estimate of drug-likeness (QED) is 0.292. The van der Waals surface area contributed by atoms with E-state index < -0.39 is 11.9 Å². The predicted octanol–water partition coefficient (Wildman–Crippen LogP) is 3.32. The Morgan fingerprint density at radius 2 is 1.53 bits per heavy atom. The topological polar surface area (TPSA) is 115 Å². The molecule has 0 aromatic carbocycles. The summed E-state index contributed by atoms with van der Waals surface area (Å²) in [4.78, 5) is 32.2. The smallest absolute Gasteiger partial charge is 0.357 e. The molecule has 3 rings (SSSR count). The Balaban J connectivity index is 1.99. The molecule has 0 spiro atoms. The molecule has 0 bridgehead atoms. The summed E-state index contributed by atoms with van der Waals surface area (Å²) in [7, 11) is 0. The predicted molar refractivity (Wildman–Crippen MR) is 111 cm³/mol. The van der Waals surface area contributed by atoms with Gasteiger partial charge in [-0.15, -0.1) is 22.7 Å². The van der Waals surface area contributed by atoms with Gasteiger partial charge in [0, 0.05) is 16.8 Å². The van der Waals surface area contributed by atoms with E-state index in [1.54, 1.807) is 32.2 Å². The van der Waals surface area contributed by atoms with Crippen LogP contribution >= 0.6 is 22.7 Å². The third kappa shape index (κ3) is 4.57. The van der Waals surface area contributed by atoms with E-state index in [0.29, 0.717) is 32.7 Å². The fourth-order valence-electron chi connectivity index (χ4n) is 2.51. The third-order valence-electron chi connectivity index (χ3n) is 3.72. The van der Waals surface area contributed by atoms with Gasteiger partial charge in [0.15, 0.2) is 28.3 Å². The highest BCUT2D eigenvalue weighted by atomic mass is 32.1. The first-order valence-corrected chi connectivity index (χ1v) is 10.9. The molecule has 0 amide bonds. The van der Waals surface area contributed by atoms with Gasteiger partial charge < -0.3 is 19.4 Å². The second-order valence-electron chi connectivity index (χ2n) is 5.72. The minimum Gasteiger partial charge on any atom is -0.618 e. The molecule has 0 aliphatic rings. The Morgan fingerprint density at radius 3 is 2.10 bits per heavy atom. The maximum Gasteiger partial charge on any atom is 0.357 e. The standard InChI is InChI=1S/C19H19N3O6S2/c1-4-26-14-7-11(16-20-12(9-29-16)18(23)27-5-2)8-22(25)15(14)17-21-13(10-30-17)19(24)28-6-3/h7-10H,4-6H2,1-3H3. The largest absolute Gasteiger partial charge is 0.618 e. The van der Waals surface area contributed by atoms with E-state index in [1.807, 2.05) is 0 Å². The molecule has 158 valence electrons. The summed E-state index contributed by atoms with van der Waals surface area (Å²) in [6, 6.07) is 1.66. The summed E-state index contributed by atoms with van der Waals surface area (Å²) < 4.78 is 16.2. The number of nitrogens with zero attached hydrogens (tertiary/aromatic N) is 3. The molecule has 0 N–H and O–H groups in total. The molecule has 0 aliphatic heterocycles. The van der Waals surface area contributed by atoms with Crippen molar-refractivity contribution in [2.45, 2.75) is 20.8 Å². The Labute approximate surface area is 180 Å². The first kappa shape index (κ1) is 21.7. The van der Waals surface area contributed by atoms with Crippen LogP contribution in [0.4, 0.5) is 0 Å². The summed E-state index contributed by atoms with van der Waals surface area (Å²) in [5.41, 5.74) is 0.973. The lowest BCUT2D eigenvalue weighted by Gasteiger charge is -2.10. The number of rotatable bonds is 8. The van der Waals surface area contributed by atoms with Crippen molar-refractivity contribution in [3.05, 3.63) is 39.6 Å². The van der Waals surface area contributed by atoms with Gasteiger partial charge in [-0.3, -0.25) is 0 Å². The first-order chi connectivity index (χ1) is 14.5. The third-order valence-corrected chi connectivity index (χ3v) is 5.46. The number of pyridine rings is 1. The van der Waals surface area contributed by atoms with Crippen LogP contribution in [-0.2, 0) is 9.47 Å². The molecule has 9 nitrogen and oxygen atoms in total. The van der Waals surface area contributed by atoms with Crippen molar-refractivity contribution in [3.8, 4) is 27.0 Å². The average Bonchev–Trinajstić information content (AvgIpc) is 3.38. The summed E-state index contributed by atoms with van der Waals surface area (Å²) in [6.45, 7) is 6.00. The van der Waals surface area contributed by atoms with E-state index in [2.05, 4.69) is 9.97 Å². The number of ether oxygens (including phenoxy) is 3. The van der Waals surface area contributed by atoms with Crippen molar-refractivity contribution in [1.82, 2.24) is 9.97 Å². The normalized spacial score (nSPS) is 10.6. The van der Waals surface area contributed by atoms with Crippen molar-refractivity contribution in [2.75, 3.05) is 19.8 Å². The SMILES string of the molecule is CCOC(=O)c1csc(-c2cc(OCC)c(-c3nc(C(=O)OCC)cs3)[n+]([O-])c2)n1. The van der Waals surface area contributed by atoms with Crippen LogP contribution in [-0.4, -0.2) is 41.7 Å². The molecule has 0 saturated heterocycles. The Hall–Kier alpha value is -3.05. The first-order valence-electron chi connectivity index (χ1n) is 9.14. The molecular formula is C19H19N3O6S2. The second kappa shape index (κ2) is 9.63. The van der Waals surface area contributed by atoms with Crippen molar-refractivity contribution < 1.29 is 28.5 Å². The number of esters is 2. The molecule has 11 heteroatoms. The van der Waals surface area contributed by atoms with Gasteiger partial charge in [0.1, 0.15) is 5.01 Å². The van der Waals surface area contributed by atoms with Gasteiger partial charge in [-0.25, -0.2) is 19.6 Å². The summed E-state index contributed by atoms with van der Waals surface area (Å²) in [6.07, 6.45) is 1.33. The van der Waals surface area contributed by atoms with Crippen LogP contribution in [0.5, 0.6) is 5.75 Å². The molecule has 0 unspecified atom stereocenters. The van der Waals surface area contributed by atoms with E-state index in [0.717, 1.165) is 11.3 Å². The molecule has 0 radical (unpaired) electrons. The van der Waals surface area contributed by atoms with Crippen LogP contribution < -0.4 is 9.47 Å². The zero-order chi connectivity index (χ0) is 21.7. The lowest BCUT2D eigenvalue weighted by atomic mass is 10.2. The van der Waals surface area contributed by atoms with Crippen LogP contribution in [0, 0.1) is 5.21 Å². The van der Waals surface area contributed by atoms with Crippen molar-refractivity contribution >= 4 is 34.6 Å². The van der Waals surface area contributed by atoms with Crippen molar-refractivity contribution in [3.63, 3.8) is 0 Å². The summed E-state index contributed by atoms with van der Waals surface area (Å²) in [5, 5.41) is 16.7. The zero-order valence-corrected chi connectivity index (χ0v) is 18.2. The minimum absolute atomic E-state index is 0.127. The highest BCUT2D eigenvalue weighted by Gasteiger charge is 2.25. The van der Waals surface area contributed by atoms with Crippen LogP contribution in [0.3, 0.4) is 0 Å². The van der Waals surface area contributed by atoms with Gasteiger partial charge in [0.2, 0.25) is 0 Å². The minimum atomic E-state index is -0.554. The Bertz CT molecular complexity index is 1060. The zero-order valence-electron chi connectivity index (χ0n) is 16.5. The molecule has 3 aromatic heterocycles. The lowest BCUT2D eigenvalue weighted by Crippen LogP contribution is -2.29. The van der Waals surface area contributed by atoms with E-state index in [1.165, 1.54) is 22.9 Å². The van der Waals surface area contributed by atoms with Crippen LogP contribution in [0.15, 0.2) is 23.0 Å². The molecule has 3 heterocycles. The second-order valence-corrected chi connectivity index (χ2v) is 7.43. The van der Waals surface area contributed by atoms with Gasteiger partial charge in [-0.05, 0) is 20.8 Å². The van der Waals surface area contributed by atoms with E-state index in [4.69, 9.17) is 14.2 Å². The maximum atomic E-state index is 12.8. The molecule has 0 fully saturated rings. The van der Waals surface area contributed by atoms with Gasteiger partial charge in [-0.1, -0.05) is 0 Å². The number of thiazole rings is 2. The number of aromatic nitrogens is 3. The molecule has 0 atom stereocenters. The average molecular weight is 450 g/mol. The van der Waals surface area contributed by atoms with Crippen LogP contribution in [0.1, 0.15) is 41.7 Å². The van der Waals surface area contributed by atoms with Gasteiger partial charge in [0.25, 0.3) is 5.69 Å². The Kier molecular flexibility index (Phi) is 6.95. The van der Waals surface area contributed by atoms with Gasteiger partial charge in [-0.2, -0.15) is 4.73 Å². The highest BCUT2D eigenvalue weighted by molar-refractivity contribution is 7.13. The molecule has 0 aliphatic carbocycles. The monoisotopic (exact) mass is 449 g/mol. The molecule has 30 heavy (non-hydrogen) atoms. The number of carbonyl (C=O) groups excluding carboxylic acids is 2. The molecule has 3 aromatic rings.